The zero-order valence-electron chi connectivity index (χ0n) is 13.1. The van der Waals surface area contributed by atoms with E-state index in [9.17, 15) is 4.79 Å². The van der Waals surface area contributed by atoms with Gasteiger partial charge in [0.15, 0.2) is 0 Å². The molecule has 1 aliphatic rings. The van der Waals surface area contributed by atoms with Crippen LogP contribution in [0, 0.1) is 0 Å². The normalized spacial score (nSPS) is 14.4. The quantitative estimate of drug-likeness (QED) is 0.758. The highest BCUT2D eigenvalue weighted by atomic mass is 79.9. The fraction of sp³-hybridized carbons (Fsp3) is 0.278. The van der Waals surface area contributed by atoms with Crippen molar-refractivity contribution < 1.29 is 9.53 Å². The standard InChI is InChI=1S/C18H19BrN2O2.ClH/c19-14-3-1-2-13(12-14)18(8-9-18)17(22)21-15-4-6-16(7-5-15)23-11-10-20;/h1-7,12H,8-11,20H2,(H,21,22);1H. The fourth-order valence-corrected chi connectivity index (χ4v) is 3.02. The Labute approximate surface area is 156 Å². The van der Waals surface area contributed by atoms with Crippen molar-refractivity contribution in [1.29, 1.82) is 0 Å². The highest BCUT2D eigenvalue weighted by Gasteiger charge is 2.51. The Morgan fingerprint density at radius 3 is 2.50 bits per heavy atom. The lowest BCUT2D eigenvalue weighted by Crippen LogP contribution is -2.27. The van der Waals surface area contributed by atoms with Crippen LogP contribution in [0.15, 0.2) is 53.0 Å². The van der Waals surface area contributed by atoms with E-state index in [0.717, 1.165) is 34.3 Å². The Morgan fingerprint density at radius 2 is 1.92 bits per heavy atom. The van der Waals surface area contributed by atoms with Gasteiger partial charge in [-0.1, -0.05) is 28.1 Å². The molecule has 128 valence electrons. The van der Waals surface area contributed by atoms with Gasteiger partial charge in [-0.15, -0.1) is 12.4 Å². The number of benzene rings is 2. The molecule has 0 radical (unpaired) electrons. The average molecular weight is 412 g/mol. The first-order chi connectivity index (χ1) is 11.1. The second-order valence-electron chi connectivity index (χ2n) is 5.71. The molecule has 3 N–H and O–H groups in total. The maximum atomic E-state index is 12.7. The van der Waals surface area contributed by atoms with Crippen molar-refractivity contribution in [2.24, 2.45) is 5.73 Å². The van der Waals surface area contributed by atoms with Crippen molar-refractivity contribution in [2.45, 2.75) is 18.3 Å². The topological polar surface area (TPSA) is 64.3 Å². The molecule has 0 spiro atoms. The van der Waals surface area contributed by atoms with E-state index in [1.165, 1.54) is 0 Å². The summed E-state index contributed by atoms with van der Waals surface area (Å²) in [6.07, 6.45) is 1.76. The van der Waals surface area contributed by atoms with Crippen LogP contribution in [0.5, 0.6) is 5.75 Å². The lowest BCUT2D eigenvalue weighted by atomic mass is 9.95. The molecule has 0 bridgehead atoms. The lowest BCUT2D eigenvalue weighted by Gasteiger charge is -2.16. The zero-order valence-corrected chi connectivity index (χ0v) is 15.5. The maximum Gasteiger partial charge on any atom is 0.235 e. The molecular formula is C18H20BrClN2O2. The first kappa shape index (κ1) is 18.8. The van der Waals surface area contributed by atoms with Gasteiger partial charge in [0.25, 0.3) is 0 Å². The summed E-state index contributed by atoms with van der Waals surface area (Å²) in [5, 5.41) is 3.01. The molecule has 3 rings (SSSR count). The van der Waals surface area contributed by atoms with Gasteiger partial charge in [0, 0.05) is 16.7 Å². The molecule has 0 saturated heterocycles. The average Bonchev–Trinajstić information content (AvgIpc) is 3.36. The molecule has 1 aliphatic carbocycles. The number of anilines is 1. The largest absolute Gasteiger partial charge is 0.492 e. The van der Waals surface area contributed by atoms with Gasteiger partial charge in [0.1, 0.15) is 12.4 Å². The Bertz CT molecular complexity index is 702. The van der Waals surface area contributed by atoms with E-state index < -0.39 is 5.41 Å². The van der Waals surface area contributed by atoms with Crippen molar-refractivity contribution in [2.75, 3.05) is 18.5 Å². The number of rotatable bonds is 6. The molecule has 0 unspecified atom stereocenters. The van der Waals surface area contributed by atoms with Crippen molar-refractivity contribution in [3.63, 3.8) is 0 Å². The SMILES string of the molecule is Cl.NCCOc1ccc(NC(=O)C2(c3cccc(Br)c3)CC2)cc1. The predicted octanol–water partition coefficient (Wildman–Crippen LogP) is 3.88. The first-order valence-electron chi connectivity index (χ1n) is 7.64. The van der Waals surface area contributed by atoms with E-state index in [0.29, 0.717) is 13.2 Å². The van der Waals surface area contributed by atoms with E-state index in [1.807, 2.05) is 48.5 Å². The Hall–Kier alpha value is -1.56. The van der Waals surface area contributed by atoms with E-state index in [4.69, 9.17) is 10.5 Å². The van der Waals surface area contributed by atoms with Gasteiger partial charge in [-0.25, -0.2) is 0 Å². The molecule has 1 fully saturated rings. The van der Waals surface area contributed by atoms with Gasteiger partial charge in [0.05, 0.1) is 5.41 Å². The van der Waals surface area contributed by atoms with Gasteiger partial charge in [-0.05, 0) is 54.8 Å². The molecule has 6 heteroatoms. The molecule has 2 aromatic rings. The molecule has 1 saturated carbocycles. The molecule has 24 heavy (non-hydrogen) atoms. The predicted molar refractivity (Wildman–Crippen MR) is 102 cm³/mol. The molecule has 2 aromatic carbocycles. The summed E-state index contributed by atoms with van der Waals surface area (Å²) in [6.45, 7) is 0.964. The van der Waals surface area contributed by atoms with Gasteiger partial charge >= 0.3 is 0 Å². The van der Waals surface area contributed by atoms with Crippen molar-refractivity contribution in [1.82, 2.24) is 0 Å². The molecule has 0 atom stereocenters. The Kier molecular flexibility index (Phi) is 6.27. The highest BCUT2D eigenvalue weighted by Crippen LogP contribution is 2.49. The summed E-state index contributed by atoms with van der Waals surface area (Å²) in [4.78, 5) is 12.7. The summed E-state index contributed by atoms with van der Waals surface area (Å²) >= 11 is 3.47. The van der Waals surface area contributed by atoms with Gasteiger partial charge < -0.3 is 15.8 Å². The summed E-state index contributed by atoms with van der Waals surface area (Å²) in [7, 11) is 0. The molecule has 0 heterocycles. The van der Waals surface area contributed by atoms with Crippen molar-refractivity contribution >= 4 is 39.9 Å². The molecule has 4 nitrogen and oxygen atoms in total. The Balaban J connectivity index is 0.00000208. The van der Waals surface area contributed by atoms with Crippen LogP contribution in [-0.2, 0) is 10.2 Å². The molecule has 0 aromatic heterocycles. The molecular weight excluding hydrogens is 392 g/mol. The smallest absolute Gasteiger partial charge is 0.235 e. The number of carbonyl (C=O) groups excluding carboxylic acids is 1. The van der Waals surface area contributed by atoms with Crippen molar-refractivity contribution in [3.8, 4) is 5.75 Å². The number of ether oxygens (including phenoxy) is 1. The van der Waals surface area contributed by atoms with Crippen LogP contribution in [-0.4, -0.2) is 19.1 Å². The van der Waals surface area contributed by atoms with Gasteiger partial charge in [-0.3, -0.25) is 4.79 Å². The molecule has 1 amide bonds. The summed E-state index contributed by atoms with van der Waals surface area (Å²) in [5.41, 5.74) is 6.85. The van der Waals surface area contributed by atoms with E-state index in [1.54, 1.807) is 0 Å². The minimum Gasteiger partial charge on any atom is -0.492 e. The molecule has 0 aliphatic heterocycles. The number of amides is 1. The third-order valence-corrected chi connectivity index (χ3v) is 4.55. The van der Waals surface area contributed by atoms with Crippen LogP contribution >= 0.6 is 28.3 Å². The first-order valence-corrected chi connectivity index (χ1v) is 8.44. The third kappa shape index (κ3) is 4.09. The monoisotopic (exact) mass is 410 g/mol. The number of hydrogen-bond acceptors (Lipinski definition) is 3. The van der Waals surface area contributed by atoms with Crippen LogP contribution in [0.4, 0.5) is 5.69 Å². The third-order valence-electron chi connectivity index (χ3n) is 4.06. The number of halogens is 2. The van der Waals surface area contributed by atoms with Crippen LogP contribution in [0.2, 0.25) is 0 Å². The lowest BCUT2D eigenvalue weighted by molar-refractivity contribution is -0.118. The van der Waals surface area contributed by atoms with E-state index in [2.05, 4.69) is 21.2 Å². The number of nitrogens with one attached hydrogen (secondary N) is 1. The fourth-order valence-electron chi connectivity index (χ4n) is 2.62. The van der Waals surface area contributed by atoms with Gasteiger partial charge in [0.2, 0.25) is 5.91 Å². The zero-order chi connectivity index (χ0) is 16.3. The summed E-state index contributed by atoms with van der Waals surface area (Å²) < 4.78 is 6.43. The van der Waals surface area contributed by atoms with Crippen molar-refractivity contribution in [3.05, 3.63) is 58.6 Å². The van der Waals surface area contributed by atoms with Gasteiger partial charge in [-0.2, -0.15) is 0 Å². The highest BCUT2D eigenvalue weighted by molar-refractivity contribution is 9.10. The second-order valence-corrected chi connectivity index (χ2v) is 6.62. The van der Waals surface area contributed by atoms with Crippen LogP contribution in [0.1, 0.15) is 18.4 Å². The summed E-state index contributed by atoms with van der Waals surface area (Å²) in [5.74, 6) is 0.799. The summed E-state index contributed by atoms with van der Waals surface area (Å²) in [6, 6.07) is 15.3. The van der Waals surface area contributed by atoms with Crippen LogP contribution in [0.25, 0.3) is 0 Å². The van der Waals surface area contributed by atoms with E-state index in [-0.39, 0.29) is 18.3 Å². The maximum absolute atomic E-state index is 12.7. The number of carbonyl (C=O) groups is 1. The van der Waals surface area contributed by atoms with Crippen LogP contribution in [0.3, 0.4) is 0 Å². The van der Waals surface area contributed by atoms with Crippen LogP contribution < -0.4 is 15.8 Å². The Morgan fingerprint density at radius 1 is 1.21 bits per heavy atom. The number of hydrogen-bond donors (Lipinski definition) is 2. The minimum atomic E-state index is -0.390. The minimum absolute atomic E-state index is 0. The second kappa shape index (κ2) is 8.01. The van der Waals surface area contributed by atoms with E-state index >= 15 is 0 Å². The number of nitrogens with two attached hydrogens (primary N) is 1.